The summed E-state index contributed by atoms with van der Waals surface area (Å²) in [4.78, 5) is 16.5. The number of aliphatic imine (C=N–C) groups is 1. The second-order valence-electron chi connectivity index (χ2n) is 6.56. The van der Waals surface area contributed by atoms with Crippen LogP contribution in [0.25, 0.3) is 0 Å². The van der Waals surface area contributed by atoms with Crippen LogP contribution in [0.1, 0.15) is 16.7 Å². The van der Waals surface area contributed by atoms with Crippen LogP contribution in [-0.2, 0) is 4.79 Å². The van der Waals surface area contributed by atoms with Crippen molar-refractivity contribution in [3.8, 4) is 5.75 Å². The van der Waals surface area contributed by atoms with Crippen LogP contribution >= 0.6 is 23.2 Å². The lowest BCUT2D eigenvalue weighted by molar-refractivity contribution is -0.118. The average molecular weight is 427 g/mol. The van der Waals surface area contributed by atoms with Gasteiger partial charge in [0.05, 0.1) is 10.7 Å². The third-order valence-corrected chi connectivity index (χ3v) is 4.82. The van der Waals surface area contributed by atoms with E-state index in [1.807, 2.05) is 44.2 Å². The summed E-state index contributed by atoms with van der Waals surface area (Å²) >= 11 is 12.0. The number of hydrogen-bond acceptors (Lipinski definition) is 3. The minimum Gasteiger partial charge on any atom is -0.484 e. The van der Waals surface area contributed by atoms with E-state index in [0.717, 1.165) is 16.8 Å². The number of aryl methyl sites for hydroxylation is 2. The Bertz CT molecular complexity index is 1060. The van der Waals surface area contributed by atoms with Crippen LogP contribution < -0.4 is 10.1 Å². The predicted octanol–water partition coefficient (Wildman–Crippen LogP) is 6.38. The molecule has 0 aliphatic heterocycles. The molecule has 0 aromatic heterocycles. The van der Waals surface area contributed by atoms with E-state index in [4.69, 9.17) is 27.9 Å². The zero-order chi connectivity index (χ0) is 20.8. The van der Waals surface area contributed by atoms with E-state index in [2.05, 4.69) is 10.3 Å². The average Bonchev–Trinajstić information content (AvgIpc) is 2.69. The van der Waals surface area contributed by atoms with Crippen molar-refractivity contribution in [1.82, 2.24) is 0 Å². The molecule has 0 atom stereocenters. The highest BCUT2D eigenvalue weighted by atomic mass is 35.5. The highest BCUT2D eigenvalue weighted by Crippen LogP contribution is 2.27. The van der Waals surface area contributed by atoms with Gasteiger partial charge in [0.2, 0.25) is 0 Å². The Morgan fingerprint density at radius 1 is 1.03 bits per heavy atom. The monoisotopic (exact) mass is 426 g/mol. The number of nitrogens with zero attached hydrogens (tertiary/aromatic N) is 1. The van der Waals surface area contributed by atoms with Crippen LogP contribution in [0, 0.1) is 13.8 Å². The van der Waals surface area contributed by atoms with Gasteiger partial charge in [-0.1, -0.05) is 41.4 Å². The molecule has 0 unspecified atom stereocenters. The highest BCUT2D eigenvalue weighted by Gasteiger charge is 2.05. The number of hydrogen-bond donors (Lipinski definition) is 1. The number of nitrogens with one attached hydrogen (secondary N) is 1. The van der Waals surface area contributed by atoms with Crippen molar-refractivity contribution in [1.29, 1.82) is 0 Å². The Morgan fingerprint density at radius 2 is 1.86 bits per heavy atom. The Hall–Kier alpha value is -2.82. The van der Waals surface area contributed by atoms with Gasteiger partial charge in [-0.15, -0.1) is 0 Å². The molecule has 3 aromatic carbocycles. The van der Waals surface area contributed by atoms with Crippen LogP contribution in [0.4, 0.5) is 11.4 Å². The molecule has 1 N–H and O–H groups in total. The zero-order valence-corrected chi connectivity index (χ0v) is 17.6. The summed E-state index contributed by atoms with van der Waals surface area (Å²) in [5, 5.41) is 3.87. The molecule has 3 rings (SSSR count). The number of amides is 1. The number of ether oxygens (including phenoxy) is 1. The third kappa shape index (κ3) is 6.08. The summed E-state index contributed by atoms with van der Waals surface area (Å²) in [5.41, 5.74) is 4.50. The van der Waals surface area contributed by atoms with Gasteiger partial charge in [0.1, 0.15) is 5.75 Å². The molecule has 0 bridgehead atoms. The fourth-order valence-electron chi connectivity index (χ4n) is 2.58. The first kappa shape index (κ1) is 20.9. The Kier molecular flexibility index (Phi) is 6.91. The molecule has 1 amide bonds. The van der Waals surface area contributed by atoms with Gasteiger partial charge in [0.25, 0.3) is 5.91 Å². The number of carbonyl (C=O) groups excluding carboxylic acids is 1. The predicted molar refractivity (Wildman–Crippen MR) is 120 cm³/mol. The smallest absolute Gasteiger partial charge is 0.262 e. The molecule has 29 heavy (non-hydrogen) atoms. The summed E-state index contributed by atoms with van der Waals surface area (Å²) < 4.78 is 5.61. The van der Waals surface area contributed by atoms with Crippen molar-refractivity contribution < 1.29 is 9.53 Å². The summed E-state index contributed by atoms with van der Waals surface area (Å²) in [7, 11) is 0. The van der Waals surface area contributed by atoms with Gasteiger partial charge in [-0.3, -0.25) is 9.79 Å². The molecule has 0 spiro atoms. The van der Waals surface area contributed by atoms with Gasteiger partial charge in [-0.05, 0) is 73.0 Å². The zero-order valence-electron chi connectivity index (χ0n) is 16.1. The van der Waals surface area contributed by atoms with E-state index in [9.17, 15) is 4.79 Å². The summed E-state index contributed by atoms with van der Waals surface area (Å²) in [6.07, 6.45) is 1.68. The van der Waals surface area contributed by atoms with E-state index >= 15 is 0 Å². The second kappa shape index (κ2) is 9.59. The van der Waals surface area contributed by atoms with Crippen LogP contribution in [0.15, 0.2) is 65.7 Å². The van der Waals surface area contributed by atoms with Gasteiger partial charge >= 0.3 is 0 Å². The van der Waals surface area contributed by atoms with Crippen LogP contribution in [0.5, 0.6) is 5.75 Å². The molecule has 6 heteroatoms. The lowest BCUT2D eigenvalue weighted by atomic mass is 10.1. The summed E-state index contributed by atoms with van der Waals surface area (Å²) in [6, 6.07) is 18.2. The first-order valence-electron chi connectivity index (χ1n) is 9.00. The Morgan fingerprint density at radius 3 is 2.62 bits per heavy atom. The van der Waals surface area contributed by atoms with E-state index < -0.39 is 0 Å². The number of rotatable bonds is 6. The molecular weight excluding hydrogens is 407 g/mol. The topological polar surface area (TPSA) is 50.7 Å². The molecular formula is C23H20Cl2N2O2. The van der Waals surface area contributed by atoms with Crippen LogP contribution in [-0.4, -0.2) is 18.7 Å². The van der Waals surface area contributed by atoms with Gasteiger partial charge in [-0.2, -0.15) is 0 Å². The lowest BCUT2D eigenvalue weighted by Gasteiger charge is -2.09. The molecule has 0 saturated carbocycles. The van der Waals surface area contributed by atoms with E-state index in [-0.39, 0.29) is 12.5 Å². The van der Waals surface area contributed by atoms with Crippen molar-refractivity contribution in [2.45, 2.75) is 13.8 Å². The molecule has 0 heterocycles. The van der Waals surface area contributed by atoms with Crippen molar-refractivity contribution in [2.75, 3.05) is 11.9 Å². The molecule has 148 valence electrons. The van der Waals surface area contributed by atoms with E-state index in [1.54, 1.807) is 36.5 Å². The molecule has 0 aliphatic rings. The molecule has 3 aromatic rings. The van der Waals surface area contributed by atoms with Crippen molar-refractivity contribution in [3.05, 3.63) is 87.4 Å². The third-order valence-electron chi connectivity index (χ3n) is 4.28. The van der Waals surface area contributed by atoms with Crippen molar-refractivity contribution >= 4 is 46.7 Å². The van der Waals surface area contributed by atoms with Crippen molar-refractivity contribution in [3.63, 3.8) is 0 Å². The molecule has 0 saturated heterocycles. The maximum Gasteiger partial charge on any atom is 0.262 e. The van der Waals surface area contributed by atoms with Gasteiger partial charge in [-0.25, -0.2) is 0 Å². The minimum atomic E-state index is -0.222. The first-order chi connectivity index (χ1) is 13.9. The minimum absolute atomic E-state index is 0.0868. The SMILES string of the molecule is Cc1ccc(NC(=O)COc2cccc(C=Nc3ccc(Cl)cc3Cl)c2)cc1C. The van der Waals surface area contributed by atoms with E-state index in [1.165, 1.54) is 5.56 Å². The summed E-state index contributed by atoms with van der Waals surface area (Å²) in [6.45, 7) is 3.95. The second-order valence-corrected chi connectivity index (χ2v) is 7.41. The largest absolute Gasteiger partial charge is 0.484 e. The van der Waals surface area contributed by atoms with Crippen LogP contribution in [0.3, 0.4) is 0 Å². The fourth-order valence-corrected chi connectivity index (χ4v) is 3.04. The fraction of sp³-hybridized carbons (Fsp3) is 0.130. The number of halogens is 2. The summed E-state index contributed by atoms with van der Waals surface area (Å²) in [5.74, 6) is 0.353. The van der Waals surface area contributed by atoms with Crippen molar-refractivity contribution in [2.24, 2.45) is 4.99 Å². The lowest BCUT2D eigenvalue weighted by Crippen LogP contribution is -2.20. The van der Waals surface area contributed by atoms with Crippen LogP contribution in [0.2, 0.25) is 10.0 Å². The molecule has 0 aliphatic carbocycles. The quantitative estimate of drug-likeness (QED) is 0.464. The van der Waals surface area contributed by atoms with Gasteiger partial charge in [0, 0.05) is 16.9 Å². The Labute approximate surface area is 180 Å². The normalized spacial score (nSPS) is 10.9. The molecule has 0 fully saturated rings. The number of benzene rings is 3. The maximum atomic E-state index is 12.2. The molecule has 4 nitrogen and oxygen atoms in total. The van der Waals surface area contributed by atoms with Gasteiger partial charge < -0.3 is 10.1 Å². The van der Waals surface area contributed by atoms with E-state index in [0.29, 0.717) is 21.5 Å². The standard InChI is InChI=1S/C23H20Cl2N2O2/c1-15-6-8-19(10-16(15)2)27-23(28)14-29-20-5-3-4-17(11-20)13-26-22-9-7-18(24)12-21(22)25/h3-13H,14H2,1-2H3,(H,27,28). The molecule has 0 radical (unpaired) electrons. The highest BCUT2D eigenvalue weighted by molar-refractivity contribution is 6.36. The Balaban J connectivity index is 1.60. The number of carbonyl (C=O) groups is 1. The van der Waals surface area contributed by atoms with Gasteiger partial charge in [0.15, 0.2) is 6.61 Å². The number of anilines is 1. The first-order valence-corrected chi connectivity index (χ1v) is 9.75. The maximum absolute atomic E-state index is 12.2.